The third kappa shape index (κ3) is 4.34. The Bertz CT molecular complexity index is 162. The van der Waals surface area contributed by atoms with E-state index in [1.54, 1.807) is 6.92 Å². The van der Waals surface area contributed by atoms with Gasteiger partial charge >= 0.3 is 5.97 Å². The SMILES string of the molecule is CCOC(=O)C(O)CCC#N. The van der Waals surface area contributed by atoms with Crippen molar-refractivity contribution in [2.45, 2.75) is 25.9 Å². The zero-order chi connectivity index (χ0) is 8.69. The topological polar surface area (TPSA) is 70.3 Å². The number of nitrogens with zero attached hydrogens (tertiary/aromatic N) is 1. The molecule has 0 bridgehead atoms. The van der Waals surface area contributed by atoms with Gasteiger partial charge in [0.25, 0.3) is 0 Å². The lowest BCUT2D eigenvalue weighted by Crippen LogP contribution is -2.22. The first-order chi connectivity index (χ1) is 5.22. The average molecular weight is 157 g/mol. The summed E-state index contributed by atoms with van der Waals surface area (Å²) in [5, 5.41) is 17.1. The lowest BCUT2D eigenvalue weighted by Gasteiger charge is -2.06. The number of hydrogen-bond donors (Lipinski definition) is 1. The molecule has 0 rings (SSSR count). The minimum Gasteiger partial charge on any atom is -0.464 e. The highest BCUT2D eigenvalue weighted by Crippen LogP contribution is 1.97. The van der Waals surface area contributed by atoms with Crippen molar-refractivity contribution in [3.8, 4) is 6.07 Å². The number of carbonyl (C=O) groups is 1. The molecule has 0 aromatic rings. The smallest absolute Gasteiger partial charge is 0.334 e. The molecule has 0 aromatic carbocycles. The first-order valence-electron chi connectivity index (χ1n) is 3.44. The predicted octanol–water partition coefficient (Wildman–Crippen LogP) is 0.214. The number of aliphatic hydroxyl groups excluding tert-OH is 1. The van der Waals surface area contributed by atoms with Gasteiger partial charge in [0.1, 0.15) is 0 Å². The molecule has 0 aliphatic rings. The van der Waals surface area contributed by atoms with Crippen LogP contribution in [0.1, 0.15) is 19.8 Å². The highest BCUT2D eigenvalue weighted by molar-refractivity contribution is 5.74. The van der Waals surface area contributed by atoms with E-state index in [4.69, 9.17) is 10.4 Å². The van der Waals surface area contributed by atoms with Gasteiger partial charge in [-0.1, -0.05) is 0 Å². The monoisotopic (exact) mass is 157 g/mol. The highest BCUT2D eigenvalue weighted by Gasteiger charge is 2.14. The molecule has 1 unspecified atom stereocenters. The van der Waals surface area contributed by atoms with E-state index < -0.39 is 12.1 Å². The molecule has 0 fully saturated rings. The molecule has 1 N–H and O–H groups in total. The van der Waals surface area contributed by atoms with Crippen LogP contribution in [-0.4, -0.2) is 23.8 Å². The second kappa shape index (κ2) is 5.69. The molecule has 0 aliphatic carbocycles. The van der Waals surface area contributed by atoms with Crippen LogP contribution in [0.2, 0.25) is 0 Å². The third-order valence-corrected chi connectivity index (χ3v) is 1.09. The Morgan fingerprint density at radius 1 is 1.82 bits per heavy atom. The number of aliphatic hydroxyl groups is 1. The molecular formula is C7H11NO3. The average Bonchev–Trinajstić information content (AvgIpc) is 2.00. The maximum Gasteiger partial charge on any atom is 0.334 e. The van der Waals surface area contributed by atoms with Crippen molar-refractivity contribution in [1.29, 1.82) is 5.26 Å². The zero-order valence-electron chi connectivity index (χ0n) is 6.41. The number of ether oxygens (including phenoxy) is 1. The quantitative estimate of drug-likeness (QED) is 0.592. The van der Waals surface area contributed by atoms with Gasteiger partial charge in [-0.3, -0.25) is 0 Å². The van der Waals surface area contributed by atoms with Gasteiger partial charge in [0.15, 0.2) is 6.10 Å². The van der Waals surface area contributed by atoms with Crippen molar-refractivity contribution in [2.24, 2.45) is 0 Å². The molecule has 0 radical (unpaired) electrons. The third-order valence-electron chi connectivity index (χ3n) is 1.09. The van der Waals surface area contributed by atoms with Gasteiger partial charge in [0, 0.05) is 6.42 Å². The van der Waals surface area contributed by atoms with Gasteiger partial charge in [-0.05, 0) is 13.3 Å². The Hall–Kier alpha value is -1.08. The maximum atomic E-state index is 10.7. The fourth-order valence-electron chi connectivity index (χ4n) is 0.558. The summed E-state index contributed by atoms with van der Waals surface area (Å²) in [5.41, 5.74) is 0. The van der Waals surface area contributed by atoms with E-state index in [0.29, 0.717) is 0 Å². The first kappa shape index (κ1) is 9.92. The Labute approximate surface area is 65.4 Å². The summed E-state index contributed by atoms with van der Waals surface area (Å²) < 4.78 is 4.50. The summed E-state index contributed by atoms with van der Waals surface area (Å²) in [7, 11) is 0. The summed E-state index contributed by atoms with van der Waals surface area (Å²) in [6.07, 6.45) is -0.829. The molecular weight excluding hydrogens is 146 g/mol. The van der Waals surface area contributed by atoms with E-state index in [9.17, 15) is 4.79 Å². The van der Waals surface area contributed by atoms with E-state index >= 15 is 0 Å². The fourth-order valence-corrected chi connectivity index (χ4v) is 0.558. The molecule has 0 saturated heterocycles. The van der Waals surface area contributed by atoms with Crippen molar-refractivity contribution >= 4 is 5.97 Å². The Morgan fingerprint density at radius 2 is 2.45 bits per heavy atom. The minimum atomic E-state index is -1.14. The Balaban J connectivity index is 3.57. The summed E-state index contributed by atoms with van der Waals surface area (Å²) in [4.78, 5) is 10.7. The van der Waals surface area contributed by atoms with Crippen LogP contribution in [0.15, 0.2) is 0 Å². The second-order valence-corrected chi connectivity index (χ2v) is 1.96. The number of esters is 1. The van der Waals surface area contributed by atoms with Gasteiger partial charge in [0.2, 0.25) is 0 Å². The van der Waals surface area contributed by atoms with Crippen molar-refractivity contribution < 1.29 is 14.6 Å². The van der Waals surface area contributed by atoms with Gasteiger partial charge < -0.3 is 9.84 Å². The van der Waals surface area contributed by atoms with Crippen LogP contribution >= 0.6 is 0 Å². The highest BCUT2D eigenvalue weighted by atomic mass is 16.5. The van der Waals surface area contributed by atoms with Crippen molar-refractivity contribution in [2.75, 3.05) is 6.61 Å². The van der Waals surface area contributed by atoms with Crippen molar-refractivity contribution in [3.05, 3.63) is 0 Å². The molecule has 0 heterocycles. The number of hydrogen-bond acceptors (Lipinski definition) is 4. The van der Waals surface area contributed by atoms with Crippen LogP contribution in [0, 0.1) is 11.3 Å². The van der Waals surface area contributed by atoms with E-state index in [-0.39, 0.29) is 19.4 Å². The van der Waals surface area contributed by atoms with E-state index in [2.05, 4.69) is 4.74 Å². The maximum absolute atomic E-state index is 10.7. The number of rotatable bonds is 4. The van der Waals surface area contributed by atoms with Gasteiger partial charge in [-0.15, -0.1) is 0 Å². The van der Waals surface area contributed by atoms with Crippen LogP contribution in [0.5, 0.6) is 0 Å². The molecule has 11 heavy (non-hydrogen) atoms. The number of carbonyl (C=O) groups excluding carboxylic acids is 1. The van der Waals surface area contributed by atoms with Crippen LogP contribution in [0.3, 0.4) is 0 Å². The summed E-state index contributed by atoms with van der Waals surface area (Å²) >= 11 is 0. The van der Waals surface area contributed by atoms with Gasteiger partial charge in [-0.25, -0.2) is 4.79 Å². The van der Waals surface area contributed by atoms with E-state index in [0.717, 1.165) is 0 Å². The standard InChI is InChI=1S/C7H11NO3/c1-2-11-7(10)6(9)4-3-5-8/h6,9H,2-4H2,1H3. The lowest BCUT2D eigenvalue weighted by molar-refractivity contribution is -0.153. The molecule has 0 amide bonds. The van der Waals surface area contributed by atoms with Crippen LogP contribution in [0.25, 0.3) is 0 Å². The van der Waals surface area contributed by atoms with Crippen LogP contribution < -0.4 is 0 Å². The molecule has 0 spiro atoms. The van der Waals surface area contributed by atoms with Crippen molar-refractivity contribution in [1.82, 2.24) is 0 Å². The van der Waals surface area contributed by atoms with Crippen LogP contribution in [0.4, 0.5) is 0 Å². The summed E-state index contributed by atoms with van der Waals surface area (Å²) in [6.45, 7) is 1.91. The largest absolute Gasteiger partial charge is 0.464 e. The van der Waals surface area contributed by atoms with Crippen LogP contribution in [-0.2, 0) is 9.53 Å². The zero-order valence-corrected chi connectivity index (χ0v) is 6.41. The molecule has 1 atom stereocenters. The van der Waals surface area contributed by atoms with Gasteiger partial charge in [0.05, 0.1) is 12.7 Å². The molecule has 0 saturated carbocycles. The molecule has 0 aliphatic heterocycles. The first-order valence-corrected chi connectivity index (χ1v) is 3.44. The Morgan fingerprint density at radius 3 is 2.91 bits per heavy atom. The summed E-state index contributed by atoms with van der Waals surface area (Å²) in [6, 6.07) is 1.83. The van der Waals surface area contributed by atoms with E-state index in [1.807, 2.05) is 6.07 Å². The molecule has 4 heteroatoms. The predicted molar refractivity (Wildman–Crippen MR) is 37.5 cm³/mol. The Kier molecular flexibility index (Phi) is 5.13. The lowest BCUT2D eigenvalue weighted by atomic mass is 10.2. The fraction of sp³-hybridized carbons (Fsp3) is 0.714. The second-order valence-electron chi connectivity index (χ2n) is 1.96. The molecule has 0 aromatic heterocycles. The van der Waals surface area contributed by atoms with Crippen molar-refractivity contribution in [3.63, 3.8) is 0 Å². The normalized spacial score (nSPS) is 11.7. The molecule has 4 nitrogen and oxygen atoms in total. The number of nitriles is 1. The van der Waals surface area contributed by atoms with E-state index in [1.165, 1.54) is 0 Å². The summed E-state index contributed by atoms with van der Waals surface area (Å²) in [5.74, 6) is -0.650. The minimum absolute atomic E-state index is 0.148. The van der Waals surface area contributed by atoms with Gasteiger partial charge in [-0.2, -0.15) is 5.26 Å². The molecule has 62 valence electrons.